The molecule has 1 atom stereocenters. The average molecular weight is 384 g/mol. The Morgan fingerprint density at radius 2 is 2.30 bits per heavy atom. The number of aromatic amines is 1. The molecule has 27 heavy (non-hydrogen) atoms. The van der Waals surface area contributed by atoms with Gasteiger partial charge in [-0.3, -0.25) is 9.59 Å². The molecule has 1 saturated heterocycles. The lowest BCUT2D eigenvalue weighted by Gasteiger charge is -2.22. The van der Waals surface area contributed by atoms with E-state index in [1.807, 2.05) is 17.0 Å². The summed E-state index contributed by atoms with van der Waals surface area (Å²) in [7, 11) is 0. The van der Waals surface area contributed by atoms with Crippen molar-refractivity contribution in [1.82, 2.24) is 20.2 Å². The van der Waals surface area contributed by atoms with E-state index in [2.05, 4.69) is 15.3 Å². The van der Waals surface area contributed by atoms with Crippen molar-refractivity contribution < 1.29 is 14.0 Å². The summed E-state index contributed by atoms with van der Waals surface area (Å²) in [6, 6.07) is 7.19. The first-order valence-electron chi connectivity index (χ1n) is 8.92. The molecule has 1 aliphatic heterocycles. The number of carbonyl (C=O) groups excluding carboxylic acids is 2. The van der Waals surface area contributed by atoms with Crippen LogP contribution in [0, 0.1) is 0 Å². The van der Waals surface area contributed by atoms with Crippen molar-refractivity contribution in [3.63, 3.8) is 0 Å². The zero-order chi connectivity index (χ0) is 18.6. The zero-order valence-electron chi connectivity index (χ0n) is 14.7. The number of furan rings is 1. The summed E-state index contributed by atoms with van der Waals surface area (Å²) in [6.07, 6.45) is 7.43. The SMILES string of the molecule is O=C(NCCc1cnc[nH]1)c1ccc(C2CCCN2C(=O)c2ccco2)s1. The molecule has 140 valence electrons. The molecule has 4 heterocycles. The highest BCUT2D eigenvalue weighted by atomic mass is 32.1. The van der Waals surface area contributed by atoms with E-state index in [4.69, 9.17) is 4.42 Å². The molecule has 0 saturated carbocycles. The maximum Gasteiger partial charge on any atom is 0.290 e. The molecule has 2 amide bonds. The van der Waals surface area contributed by atoms with E-state index >= 15 is 0 Å². The van der Waals surface area contributed by atoms with Gasteiger partial charge in [0, 0.05) is 36.3 Å². The van der Waals surface area contributed by atoms with Crippen LogP contribution >= 0.6 is 11.3 Å². The molecule has 0 aliphatic carbocycles. The first kappa shape index (κ1) is 17.5. The largest absolute Gasteiger partial charge is 0.459 e. The predicted octanol–water partition coefficient (Wildman–Crippen LogP) is 3.01. The highest BCUT2D eigenvalue weighted by Crippen LogP contribution is 2.36. The summed E-state index contributed by atoms with van der Waals surface area (Å²) in [5.74, 6) is 0.171. The second-order valence-corrected chi connectivity index (χ2v) is 7.53. The van der Waals surface area contributed by atoms with E-state index in [9.17, 15) is 9.59 Å². The number of hydrogen-bond acceptors (Lipinski definition) is 5. The van der Waals surface area contributed by atoms with Crippen LogP contribution in [0.1, 0.15) is 49.7 Å². The Labute approximate surface area is 160 Å². The Balaban J connectivity index is 1.39. The van der Waals surface area contributed by atoms with Crippen LogP contribution in [0.5, 0.6) is 0 Å². The quantitative estimate of drug-likeness (QED) is 0.683. The highest BCUT2D eigenvalue weighted by Gasteiger charge is 2.33. The lowest BCUT2D eigenvalue weighted by atomic mass is 10.2. The third-order valence-electron chi connectivity index (χ3n) is 4.66. The van der Waals surface area contributed by atoms with Crippen LogP contribution in [0.25, 0.3) is 0 Å². The number of thiophene rings is 1. The lowest BCUT2D eigenvalue weighted by Crippen LogP contribution is -2.29. The molecule has 0 radical (unpaired) electrons. The Morgan fingerprint density at radius 3 is 3.07 bits per heavy atom. The molecule has 3 aromatic rings. The molecule has 4 rings (SSSR count). The van der Waals surface area contributed by atoms with Gasteiger partial charge in [-0.25, -0.2) is 4.98 Å². The van der Waals surface area contributed by atoms with E-state index in [0.717, 1.165) is 23.4 Å². The van der Waals surface area contributed by atoms with E-state index in [1.165, 1.54) is 17.6 Å². The van der Waals surface area contributed by atoms with Crippen LogP contribution in [0.3, 0.4) is 0 Å². The normalized spacial score (nSPS) is 16.6. The summed E-state index contributed by atoms with van der Waals surface area (Å²) >= 11 is 1.45. The summed E-state index contributed by atoms with van der Waals surface area (Å²) in [5.41, 5.74) is 0.986. The van der Waals surface area contributed by atoms with Crippen molar-refractivity contribution in [3.05, 3.63) is 64.3 Å². The van der Waals surface area contributed by atoms with Crippen molar-refractivity contribution in [3.8, 4) is 0 Å². The number of nitrogens with zero attached hydrogens (tertiary/aromatic N) is 2. The smallest absolute Gasteiger partial charge is 0.290 e. The van der Waals surface area contributed by atoms with E-state index in [1.54, 1.807) is 24.7 Å². The van der Waals surface area contributed by atoms with Crippen molar-refractivity contribution in [2.24, 2.45) is 0 Å². The Kier molecular flexibility index (Phi) is 5.06. The molecule has 1 unspecified atom stereocenters. The van der Waals surface area contributed by atoms with Gasteiger partial charge in [-0.15, -0.1) is 11.3 Å². The highest BCUT2D eigenvalue weighted by molar-refractivity contribution is 7.14. The van der Waals surface area contributed by atoms with E-state index in [-0.39, 0.29) is 17.9 Å². The van der Waals surface area contributed by atoms with Crippen LogP contribution in [0.2, 0.25) is 0 Å². The number of H-pyrrole nitrogens is 1. The van der Waals surface area contributed by atoms with Crippen molar-refractivity contribution >= 4 is 23.2 Å². The van der Waals surface area contributed by atoms with Crippen molar-refractivity contribution in [1.29, 1.82) is 0 Å². The number of hydrogen-bond donors (Lipinski definition) is 2. The maximum absolute atomic E-state index is 12.6. The average Bonchev–Trinajstić information content (AvgIpc) is 3.49. The first-order valence-corrected chi connectivity index (χ1v) is 9.73. The molecule has 0 spiro atoms. The molecule has 1 aliphatic rings. The molecular formula is C19H20N4O3S. The Morgan fingerprint density at radius 1 is 1.37 bits per heavy atom. The third kappa shape index (κ3) is 3.80. The fourth-order valence-electron chi connectivity index (χ4n) is 3.32. The Bertz CT molecular complexity index is 901. The van der Waals surface area contributed by atoms with Gasteiger partial charge in [0.1, 0.15) is 0 Å². The fourth-order valence-corrected chi connectivity index (χ4v) is 4.39. The molecule has 3 aromatic heterocycles. The van der Waals surface area contributed by atoms with E-state index < -0.39 is 0 Å². The molecule has 8 heteroatoms. The number of nitrogens with one attached hydrogen (secondary N) is 2. The van der Waals surface area contributed by atoms with Gasteiger partial charge >= 0.3 is 0 Å². The van der Waals surface area contributed by atoms with Crippen LogP contribution in [0.4, 0.5) is 0 Å². The first-order chi connectivity index (χ1) is 13.2. The van der Waals surface area contributed by atoms with Gasteiger partial charge in [-0.2, -0.15) is 0 Å². The summed E-state index contributed by atoms with van der Waals surface area (Å²) in [4.78, 5) is 35.5. The van der Waals surface area contributed by atoms with Gasteiger partial charge in [0.25, 0.3) is 11.8 Å². The summed E-state index contributed by atoms with van der Waals surface area (Å²) in [5, 5.41) is 2.93. The minimum atomic E-state index is -0.0959. The monoisotopic (exact) mass is 384 g/mol. The van der Waals surface area contributed by atoms with Gasteiger partial charge in [0.2, 0.25) is 0 Å². The van der Waals surface area contributed by atoms with Gasteiger partial charge in [-0.1, -0.05) is 0 Å². The molecule has 0 bridgehead atoms. The van der Waals surface area contributed by atoms with E-state index in [0.29, 0.717) is 30.1 Å². The molecule has 0 aromatic carbocycles. The van der Waals surface area contributed by atoms with Gasteiger partial charge in [0.15, 0.2) is 5.76 Å². The summed E-state index contributed by atoms with van der Waals surface area (Å²) < 4.78 is 5.25. The third-order valence-corrected chi connectivity index (χ3v) is 5.84. The van der Waals surface area contributed by atoms with Crippen LogP contribution in [-0.2, 0) is 6.42 Å². The van der Waals surface area contributed by atoms with Gasteiger partial charge in [-0.05, 0) is 37.1 Å². The number of imidazole rings is 1. The number of rotatable bonds is 6. The summed E-state index contributed by atoms with van der Waals surface area (Å²) in [6.45, 7) is 1.24. The maximum atomic E-state index is 12.6. The zero-order valence-corrected chi connectivity index (χ0v) is 15.5. The minimum absolute atomic E-state index is 0.000793. The van der Waals surface area contributed by atoms with Crippen LogP contribution < -0.4 is 5.32 Å². The van der Waals surface area contributed by atoms with Gasteiger partial charge in [0.05, 0.1) is 23.5 Å². The lowest BCUT2D eigenvalue weighted by molar-refractivity contribution is 0.0705. The predicted molar refractivity (Wildman–Crippen MR) is 101 cm³/mol. The molecule has 7 nitrogen and oxygen atoms in total. The van der Waals surface area contributed by atoms with Crippen LogP contribution in [-0.4, -0.2) is 39.8 Å². The van der Waals surface area contributed by atoms with Gasteiger partial charge < -0.3 is 19.6 Å². The Hall–Kier alpha value is -2.87. The topological polar surface area (TPSA) is 91.2 Å². The van der Waals surface area contributed by atoms with Crippen molar-refractivity contribution in [2.75, 3.05) is 13.1 Å². The second kappa shape index (κ2) is 7.79. The minimum Gasteiger partial charge on any atom is -0.459 e. The molecular weight excluding hydrogens is 364 g/mol. The molecule has 2 N–H and O–H groups in total. The standard InChI is InChI=1S/C19H20N4O3S/c24-18(21-8-7-13-11-20-12-22-13)17-6-5-16(27-17)14-3-1-9-23(14)19(25)15-4-2-10-26-15/h2,4-6,10-12,14H,1,3,7-9H2,(H,20,22)(H,21,24). The van der Waals surface area contributed by atoms with Crippen LogP contribution in [0.15, 0.2) is 47.5 Å². The number of carbonyl (C=O) groups is 2. The number of aromatic nitrogens is 2. The van der Waals surface area contributed by atoms with Crippen molar-refractivity contribution in [2.45, 2.75) is 25.3 Å². The number of amides is 2. The second-order valence-electron chi connectivity index (χ2n) is 6.42. The molecule has 1 fully saturated rings. The fraction of sp³-hybridized carbons (Fsp3) is 0.316. The number of likely N-dealkylation sites (tertiary alicyclic amines) is 1.